The summed E-state index contributed by atoms with van der Waals surface area (Å²) in [5.74, 6) is -2.31. The van der Waals surface area contributed by atoms with Crippen LogP contribution < -0.4 is 10.6 Å². The van der Waals surface area contributed by atoms with Gasteiger partial charge in [0.15, 0.2) is 5.92 Å². The molecular weight excluding hydrogens is 437 g/mol. The molecule has 0 radical (unpaired) electrons. The predicted molar refractivity (Wildman–Crippen MR) is 123 cm³/mol. The smallest absolute Gasteiger partial charge is 0.242 e. The van der Waals surface area contributed by atoms with Gasteiger partial charge in [0.25, 0.3) is 0 Å². The average molecular weight is 456 g/mol. The Morgan fingerprint density at radius 1 is 0.871 bits per heavy atom. The van der Waals surface area contributed by atoms with Crippen molar-refractivity contribution >= 4 is 52.6 Å². The predicted octanol–water partition coefficient (Wildman–Crippen LogP) is 5.39. The highest BCUT2D eigenvalue weighted by Crippen LogP contribution is 2.21. The quantitative estimate of drug-likeness (QED) is 0.271. The van der Waals surface area contributed by atoms with Gasteiger partial charge in [-0.2, -0.15) is 0 Å². The molecule has 8 heteroatoms. The van der Waals surface area contributed by atoms with Crippen LogP contribution in [0.4, 0.5) is 11.4 Å². The van der Waals surface area contributed by atoms with Gasteiger partial charge in [-0.25, -0.2) is 0 Å². The minimum atomic E-state index is -1.22. The number of hydrogen-bond acceptors (Lipinski definition) is 4. The molecule has 0 fully saturated rings. The lowest BCUT2D eigenvalue weighted by atomic mass is 10.1. The summed E-state index contributed by atoms with van der Waals surface area (Å²) in [6.07, 6.45) is 1.15. The third-order valence-corrected chi connectivity index (χ3v) is 4.75. The molecule has 2 amide bonds. The molecule has 0 bridgehead atoms. The molecule has 0 aliphatic carbocycles. The third kappa shape index (κ3) is 6.84. The highest BCUT2D eigenvalue weighted by Gasteiger charge is 2.25. The van der Waals surface area contributed by atoms with Crippen molar-refractivity contribution in [1.29, 1.82) is 0 Å². The molecular formula is C23H19Cl2N3O3. The number of benzene rings is 3. The van der Waals surface area contributed by atoms with Gasteiger partial charge in [-0.15, -0.1) is 0 Å². The number of anilines is 2. The number of halogens is 2. The first kappa shape index (κ1) is 22.3. The van der Waals surface area contributed by atoms with Crippen molar-refractivity contribution < 1.29 is 14.4 Å². The second-order valence-electron chi connectivity index (χ2n) is 6.45. The fraction of sp³-hybridized carbons (Fsp3) is 0.0870. The first-order chi connectivity index (χ1) is 15.0. The number of nitrogens with zero attached hydrogens (tertiary/aromatic N) is 1. The van der Waals surface area contributed by atoms with Crippen LogP contribution in [-0.4, -0.2) is 18.0 Å². The highest BCUT2D eigenvalue weighted by molar-refractivity contribution is 6.35. The molecule has 0 aromatic heterocycles. The molecule has 0 aliphatic rings. The van der Waals surface area contributed by atoms with Gasteiger partial charge in [-0.05, 0) is 36.4 Å². The van der Waals surface area contributed by atoms with Crippen molar-refractivity contribution in [3.05, 3.63) is 94.5 Å². The second-order valence-corrected chi connectivity index (χ2v) is 7.30. The zero-order valence-corrected chi connectivity index (χ0v) is 17.8. The summed E-state index contributed by atoms with van der Waals surface area (Å²) in [4.78, 5) is 30.7. The fourth-order valence-electron chi connectivity index (χ4n) is 2.59. The normalized spacial score (nSPS) is 10.8. The molecule has 3 rings (SSSR count). The van der Waals surface area contributed by atoms with Gasteiger partial charge in [0.2, 0.25) is 11.8 Å². The maximum Gasteiger partial charge on any atom is 0.242 e. The van der Waals surface area contributed by atoms with Gasteiger partial charge in [0, 0.05) is 27.0 Å². The molecule has 0 saturated carbocycles. The molecule has 0 heterocycles. The summed E-state index contributed by atoms with van der Waals surface area (Å²) in [5, 5.41) is 10.2. The zero-order chi connectivity index (χ0) is 22.1. The molecule has 0 saturated heterocycles. The molecule has 31 heavy (non-hydrogen) atoms. The maximum absolute atomic E-state index is 12.7. The standard InChI is InChI=1S/C23H19Cl2N3O3/c24-17-12-11-16(21(25)13-17)15-31-26-14-20(22(29)27-18-7-3-1-4-8-18)23(30)28-19-9-5-2-6-10-19/h1-14,20H,15H2,(H,27,29)(H,28,30). The van der Waals surface area contributed by atoms with Crippen LogP contribution in [0.1, 0.15) is 5.56 Å². The van der Waals surface area contributed by atoms with E-state index in [2.05, 4.69) is 15.8 Å². The Morgan fingerprint density at radius 2 is 1.42 bits per heavy atom. The average Bonchev–Trinajstić information content (AvgIpc) is 2.76. The molecule has 2 N–H and O–H groups in total. The Balaban J connectivity index is 1.70. The third-order valence-electron chi connectivity index (χ3n) is 4.17. The zero-order valence-electron chi connectivity index (χ0n) is 16.3. The monoisotopic (exact) mass is 455 g/mol. The number of para-hydroxylation sites is 2. The Labute approximate surface area is 189 Å². The molecule has 3 aromatic rings. The topological polar surface area (TPSA) is 79.8 Å². The van der Waals surface area contributed by atoms with Crippen molar-refractivity contribution in [2.45, 2.75) is 6.61 Å². The van der Waals surface area contributed by atoms with Crippen LogP contribution in [0.5, 0.6) is 0 Å². The van der Waals surface area contributed by atoms with E-state index in [-0.39, 0.29) is 6.61 Å². The van der Waals surface area contributed by atoms with E-state index in [1.165, 1.54) is 0 Å². The van der Waals surface area contributed by atoms with Crippen LogP contribution in [0.25, 0.3) is 0 Å². The molecule has 158 valence electrons. The van der Waals surface area contributed by atoms with Gasteiger partial charge in [-0.3, -0.25) is 9.59 Å². The molecule has 0 spiro atoms. The van der Waals surface area contributed by atoms with E-state index in [1.807, 2.05) is 12.1 Å². The number of oxime groups is 1. The summed E-state index contributed by atoms with van der Waals surface area (Å²) < 4.78 is 0. The Morgan fingerprint density at radius 3 is 1.94 bits per heavy atom. The van der Waals surface area contributed by atoms with Crippen molar-refractivity contribution in [3.63, 3.8) is 0 Å². The maximum atomic E-state index is 12.7. The number of rotatable bonds is 8. The Bertz CT molecular complexity index is 1010. The van der Waals surface area contributed by atoms with Gasteiger partial charge in [-0.1, -0.05) is 70.8 Å². The number of amides is 2. The minimum absolute atomic E-state index is 0.0554. The van der Waals surface area contributed by atoms with E-state index in [4.69, 9.17) is 28.0 Å². The van der Waals surface area contributed by atoms with E-state index < -0.39 is 17.7 Å². The largest absolute Gasteiger partial charge is 0.391 e. The summed E-state index contributed by atoms with van der Waals surface area (Å²) in [6, 6.07) is 22.6. The van der Waals surface area contributed by atoms with E-state index in [0.717, 1.165) is 6.21 Å². The molecule has 3 aromatic carbocycles. The highest BCUT2D eigenvalue weighted by atomic mass is 35.5. The van der Waals surface area contributed by atoms with Gasteiger partial charge >= 0.3 is 0 Å². The second kappa shape index (κ2) is 11.2. The van der Waals surface area contributed by atoms with E-state index in [1.54, 1.807) is 66.7 Å². The number of nitrogens with one attached hydrogen (secondary N) is 2. The number of carbonyl (C=O) groups is 2. The van der Waals surface area contributed by atoms with Crippen LogP contribution in [-0.2, 0) is 21.0 Å². The van der Waals surface area contributed by atoms with Crippen LogP contribution in [0, 0.1) is 5.92 Å². The number of carbonyl (C=O) groups excluding carboxylic acids is 2. The first-order valence-electron chi connectivity index (χ1n) is 9.34. The molecule has 0 atom stereocenters. The van der Waals surface area contributed by atoms with Crippen molar-refractivity contribution in [2.24, 2.45) is 11.1 Å². The minimum Gasteiger partial charge on any atom is -0.391 e. The summed E-state index contributed by atoms with van der Waals surface area (Å²) in [6.45, 7) is 0.0554. The van der Waals surface area contributed by atoms with Crippen molar-refractivity contribution in [1.82, 2.24) is 0 Å². The Hall–Kier alpha value is -3.35. The summed E-state index contributed by atoms with van der Waals surface area (Å²) >= 11 is 12.0. The van der Waals surface area contributed by atoms with Crippen molar-refractivity contribution in [2.75, 3.05) is 10.6 Å². The van der Waals surface area contributed by atoms with Crippen LogP contribution >= 0.6 is 23.2 Å². The van der Waals surface area contributed by atoms with Gasteiger partial charge in [0.1, 0.15) is 6.61 Å². The van der Waals surface area contributed by atoms with Crippen LogP contribution in [0.15, 0.2) is 84.0 Å². The van der Waals surface area contributed by atoms with Crippen molar-refractivity contribution in [3.8, 4) is 0 Å². The van der Waals surface area contributed by atoms with Crippen LogP contribution in [0.3, 0.4) is 0 Å². The Kier molecular flexibility index (Phi) is 8.04. The van der Waals surface area contributed by atoms with Crippen LogP contribution in [0.2, 0.25) is 10.0 Å². The molecule has 0 unspecified atom stereocenters. The first-order valence-corrected chi connectivity index (χ1v) is 10.1. The summed E-state index contributed by atoms with van der Waals surface area (Å²) in [7, 11) is 0. The van der Waals surface area contributed by atoms with Gasteiger partial charge < -0.3 is 15.5 Å². The SMILES string of the molecule is O=C(Nc1ccccc1)C(C=NOCc1ccc(Cl)cc1Cl)C(=O)Nc1ccccc1. The molecule has 0 aliphatic heterocycles. The summed E-state index contributed by atoms with van der Waals surface area (Å²) in [5.41, 5.74) is 1.79. The van der Waals surface area contributed by atoms with E-state index in [0.29, 0.717) is 27.0 Å². The lowest BCUT2D eigenvalue weighted by molar-refractivity contribution is -0.126. The number of hydrogen-bond donors (Lipinski definition) is 2. The lowest BCUT2D eigenvalue weighted by Crippen LogP contribution is -2.35. The fourth-order valence-corrected chi connectivity index (χ4v) is 3.05. The van der Waals surface area contributed by atoms with E-state index >= 15 is 0 Å². The van der Waals surface area contributed by atoms with Gasteiger partial charge in [0.05, 0.1) is 6.21 Å². The van der Waals surface area contributed by atoms with E-state index in [9.17, 15) is 9.59 Å². The molecule has 6 nitrogen and oxygen atoms in total. The lowest BCUT2D eigenvalue weighted by Gasteiger charge is -2.13.